The van der Waals surface area contributed by atoms with E-state index in [4.69, 9.17) is 4.74 Å². The highest BCUT2D eigenvalue weighted by molar-refractivity contribution is 5.90. The normalized spacial score (nSPS) is 20.0. The molecule has 2 aliphatic heterocycles. The van der Waals surface area contributed by atoms with Crippen molar-refractivity contribution in [2.75, 3.05) is 44.7 Å². The third-order valence-corrected chi connectivity index (χ3v) is 4.82. The molecule has 150 valence electrons. The second-order valence-corrected chi connectivity index (χ2v) is 6.59. The topological polar surface area (TPSA) is 69.2 Å². The van der Waals surface area contributed by atoms with Crippen LogP contribution < -0.4 is 10.7 Å². The SMILES string of the molecule is C=CC1CN(CC)C(N2CCOCC2)=C1/C=N/NC(=O)Nc1ccc(F)cc1. The minimum atomic E-state index is -0.489. The van der Waals surface area contributed by atoms with Gasteiger partial charge in [0.15, 0.2) is 0 Å². The summed E-state index contributed by atoms with van der Waals surface area (Å²) in [4.78, 5) is 16.6. The maximum absolute atomic E-state index is 12.9. The molecule has 2 N–H and O–H groups in total. The third kappa shape index (κ3) is 4.69. The summed E-state index contributed by atoms with van der Waals surface area (Å²) in [6.45, 7) is 10.8. The highest BCUT2D eigenvalue weighted by Gasteiger charge is 2.32. The molecule has 3 rings (SSSR count). The fraction of sp³-hybridized carbons (Fsp3) is 0.400. The van der Waals surface area contributed by atoms with Crippen molar-refractivity contribution in [3.05, 3.63) is 54.1 Å². The Kier molecular flexibility index (Phi) is 6.65. The van der Waals surface area contributed by atoms with Crippen LogP contribution in [0, 0.1) is 11.7 Å². The van der Waals surface area contributed by atoms with Gasteiger partial charge in [0, 0.05) is 43.4 Å². The maximum atomic E-state index is 12.9. The molecule has 0 spiro atoms. The second-order valence-electron chi connectivity index (χ2n) is 6.59. The Morgan fingerprint density at radius 2 is 2.07 bits per heavy atom. The van der Waals surface area contributed by atoms with Gasteiger partial charge in [0.25, 0.3) is 0 Å². The first-order valence-electron chi connectivity index (χ1n) is 9.42. The molecular formula is C20H26FN5O2. The van der Waals surface area contributed by atoms with Crippen molar-refractivity contribution in [1.82, 2.24) is 15.2 Å². The van der Waals surface area contributed by atoms with Crippen LogP contribution in [0.1, 0.15) is 6.92 Å². The first-order valence-corrected chi connectivity index (χ1v) is 9.42. The van der Waals surface area contributed by atoms with Gasteiger partial charge in [0.2, 0.25) is 0 Å². The number of amides is 2. The van der Waals surface area contributed by atoms with Crippen molar-refractivity contribution in [3.8, 4) is 0 Å². The summed E-state index contributed by atoms with van der Waals surface area (Å²) < 4.78 is 18.4. The zero-order valence-corrected chi connectivity index (χ0v) is 16.0. The van der Waals surface area contributed by atoms with Crippen LogP contribution in [0.25, 0.3) is 0 Å². The lowest BCUT2D eigenvalue weighted by atomic mass is 10.0. The number of anilines is 1. The van der Waals surface area contributed by atoms with Gasteiger partial charge < -0.3 is 19.9 Å². The zero-order valence-electron chi connectivity index (χ0n) is 16.0. The molecule has 2 heterocycles. The molecule has 0 aromatic heterocycles. The van der Waals surface area contributed by atoms with E-state index in [2.05, 4.69) is 39.1 Å². The van der Waals surface area contributed by atoms with E-state index in [9.17, 15) is 9.18 Å². The molecule has 1 unspecified atom stereocenters. The number of urea groups is 1. The van der Waals surface area contributed by atoms with Crippen LogP contribution in [0.2, 0.25) is 0 Å². The molecule has 1 aromatic carbocycles. The number of rotatable bonds is 6. The molecule has 8 heteroatoms. The minimum Gasteiger partial charge on any atom is -0.378 e. The molecule has 1 atom stereocenters. The predicted molar refractivity (Wildman–Crippen MR) is 107 cm³/mol. The van der Waals surface area contributed by atoms with Gasteiger partial charge in [-0.2, -0.15) is 5.10 Å². The number of benzene rings is 1. The molecule has 2 amide bonds. The quantitative estimate of drug-likeness (QED) is 0.447. The van der Waals surface area contributed by atoms with E-state index in [1.54, 1.807) is 6.21 Å². The number of hydrogen-bond acceptors (Lipinski definition) is 5. The van der Waals surface area contributed by atoms with Crippen LogP contribution in [0.15, 0.2) is 53.4 Å². The smallest absolute Gasteiger partial charge is 0.339 e. The molecule has 2 aliphatic rings. The highest BCUT2D eigenvalue weighted by atomic mass is 19.1. The summed E-state index contributed by atoms with van der Waals surface area (Å²) >= 11 is 0. The second kappa shape index (κ2) is 9.36. The summed E-state index contributed by atoms with van der Waals surface area (Å²) in [5, 5.41) is 6.74. The lowest BCUT2D eigenvalue weighted by Gasteiger charge is -2.35. The van der Waals surface area contributed by atoms with E-state index in [-0.39, 0.29) is 11.7 Å². The average molecular weight is 387 g/mol. The van der Waals surface area contributed by atoms with Gasteiger partial charge in [-0.3, -0.25) is 0 Å². The Morgan fingerprint density at radius 1 is 1.36 bits per heavy atom. The number of hydrazone groups is 1. The summed E-state index contributed by atoms with van der Waals surface area (Å²) in [6, 6.07) is 5.05. The number of nitrogens with one attached hydrogen (secondary N) is 2. The number of ether oxygens (including phenoxy) is 1. The molecule has 0 saturated carbocycles. The van der Waals surface area contributed by atoms with E-state index < -0.39 is 6.03 Å². The van der Waals surface area contributed by atoms with Crippen molar-refractivity contribution >= 4 is 17.9 Å². The van der Waals surface area contributed by atoms with Crippen LogP contribution >= 0.6 is 0 Å². The molecule has 0 radical (unpaired) electrons. The minimum absolute atomic E-state index is 0.142. The summed E-state index contributed by atoms with van der Waals surface area (Å²) in [5.74, 6) is 0.910. The summed E-state index contributed by atoms with van der Waals surface area (Å²) in [5.41, 5.74) is 3.99. The fourth-order valence-electron chi connectivity index (χ4n) is 3.41. The Labute approximate surface area is 164 Å². The average Bonchev–Trinajstić information content (AvgIpc) is 3.08. The lowest BCUT2D eigenvalue weighted by molar-refractivity contribution is 0.0402. The van der Waals surface area contributed by atoms with Gasteiger partial charge in [-0.15, -0.1) is 6.58 Å². The summed E-state index contributed by atoms with van der Waals surface area (Å²) in [7, 11) is 0. The first-order chi connectivity index (χ1) is 13.6. The Morgan fingerprint density at radius 3 is 2.71 bits per heavy atom. The lowest BCUT2D eigenvalue weighted by Crippen LogP contribution is -2.41. The van der Waals surface area contributed by atoms with E-state index in [1.807, 2.05) is 6.08 Å². The van der Waals surface area contributed by atoms with Gasteiger partial charge in [0.05, 0.1) is 19.4 Å². The van der Waals surface area contributed by atoms with Gasteiger partial charge in [-0.25, -0.2) is 14.6 Å². The Hall–Kier alpha value is -2.87. The van der Waals surface area contributed by atoms with Gasteiger partial charge >= 0.3 is 6.03 Å². The molecule has 0 aliphatic carbocycles. The molecule has 7 nitrogen and oxygen atoms in total. The van der Waals surface area contributed by atoms with Gasteiger partial charge in [-0.05, 0) is 31.2 Å². The van der Waals surface area contributed by atoms with E-state index in [0.29, 0.717) is 18.9 Å². The molecule has 0 bridgehead atoms. The van der Waals surface area contributed by atoms with Crippen molar-refractivity contribution in [3.63, 3.8) is 0 Å². The summed E-state index contributed by atoms with van der Waals surface area (Å²) in [6.07, 6.45) is 3.60. The van der Waals surface area contributed by atoms with Gasteiger partial charge in [-0.1, -0.05) is 6.08 Å². The Balaban J connectivity index is 1.71. The zero-order chi connectivity index (χ0) is 19.9. The van der Waals surface area contributed by atoms with Crippen LogP contribution in [-0.4, -0.2) is 61.4 Å². The van der Waals surface area contributed by atoms with E-state index in [0.717, 1.165) is 37.6 Å². The molecule has 1 fully saturated rings. The molecular weight excluding hydrogens is 361 g/mol. The van der Waals surface area contributed by atoms with E-state index in [1.165, 1.54) is 24.3 Å². The fourth-order valence-corrected chi connectivity index (χ4v) is 3.41. The number of carbonyl (C=O) groups excluding carboxylic acids is 1. The third-order valence-electron chi connectivity index (χ3n) is 4.82. The molecule has 1 saturated heterocycles. The highest BCUT2D eigenvalue weighted by Crippen LogP contribution is 2.30. The number of morpholine rings is 1. The maximum Gasteiger partial charge on any atom is 0.339 e. The van der Waals surface area contributed by atoms with E-state index >= 15 is 0 Å². The van der Waals surface area contributed by atoms with Crippen molar-refractivity contribution in [2.45, 2.75) is 6.92 Å². The molecule has 28 heavy (non-hydrogen) atoms. The number of hydrogen-bond donors (Lipinski definition) is 2. The number of carbonyl (C=O) groups is 1. The van der Waals surface area contributed by atoms with Crippen LogP contribution in [0.3, 0.4) is 0 Å². The van der Waals surface area contributed by atoms with Crippen LogP contribution in [-0.2, 0) is 4.74 Å². The van der Waals surface area contributed by atoms with Crippen LogP contribution in [0.5, 0.6) is 0 Å². The van der Waals surface area contributed by atoms with Crippen LogP contribution in [0.4, 0.5) is 14.9 Å². The monoisotopic (exact) mass is 387 g/mol. The molecule has 1 aromatic rings. The standard InChI is InChI=1S/C20H26FN5O2/c1-3-15-14-25(4-2)19(26-9-11-28-12-10-26)18(15)13-22-24-20(27)23-17-7-5-16(21)6-8-17/h3,5-8,13,15H,1,4,9-12,14H2,2H3,(H2,23,24,27)/b22-13+. The van der Waals surface area contributed by atoms with Crippen molar-refractivity contribution < 1.29 is 13.9 Å². The Bertz CT molecular complexity index is 756. The largest absolute Gasteiger partial charge is 0.378 e. The number of nitrogens with zero attached hydrogens (tertiary/aromatic N) is 3. The predicted octanol–water partition coefficient (Wildman–Crippen LogP) is 2.61. The first kappa shape index (κ1) is 19.9. The van der Waals surface area contributed by atoms with Gasteiger partial charge in [0.1, 0.15) is 11.6 Å². The number of halogens is 1. The van der Waals surface area contributed by atoms with Crippen molar-refractivity contribution in [1.29, 1.82) is 0 Å². The van der Waals surface area contributed by atoms with Crippen molar-refractivity contribution in [2.24, 2.45) is 11.0 Å².